The number of fused-ring (bicyclic) bond motifs is 1. The number of hydrogen-bond donors (Lipinski definition) is 4. The van der Waals surface area contributed by atoms with Crippen molar-refractivity contribution in [1.29, 1.82) is 0 Å². The van der Waals surface area contributed by atoms with E-state index in [9.17, 15) is 18.0 Å². The van der Waals surface area contributed by atoms with Crippen molar-refractivity contribution in [2.24, 2.45) is 5.14 Å². The summed E-state index contributed by atoms with van der Waals surface area (Å²) in [5.74, 6) is 0.777. The molecule has 15 nitrogen and oxygen atoms in total. The minimum Gasteiger partial charge on any atom is -0.368 e. The fourth-order valence-corrected chi connectivity index (χ4v) is 5.80. The average Bonchev–Trinajstić information content (AvgIpc) is 3.62. The minimum absolute atomic E-state index is 0.0397. The predicted octanol–water partition coefficient (Wildman–Crippen LogP) is 0.694. The Morgan fingerprint density at radius 1 is 1.12 bits per heavy atom. The molecule has 2 fully saturated rings. The molecule has 5 rings (SSSR count). The fraction of sp³-hybridized carbons (Fsp3) is 0.500. The third-order valence-corrected chi connectivity index (χ3v) is 7.94. The van der Waals surface area contributed by atoms with Crippen LogP contribution in [0, 0.1) is 0 Å². The van der Waals surface area contributed by atoms with Crippen LogP contribution >= 0.6 is 0 Å². The molecule has 0 atom stereocenters. The van der Waals surface area contributed by atoms with E-state index in [1.165, 1.54) is 0 Å². The summed E-state index contributed by atoms with van der Waals surface area (Å²) in [6.45, 7) is 3.76. The Balaban J connectivity index is 1.49. The van der Waals surface area contributed by atoms with Crippen LogP contribution < -0.4 is 30.3 Å². The monoisotopic (exact) mass is 599 g/mol. The van der Waals surface area contributed by atoms with E-state index in [1.54, 1.807) is 41.0 Å². The average molecular weight is 600 g/mol. The second-order valence-electron chi connectivity index (χ2n) is 10.7. The van der Waals surface area contributed by atoms with Gasteiger partial charge in [0.15, 0.2) is 0 Å². The number of nitrogens with zero attached hydrogens (tertiary/aromatic N) is 7. The maximum absolute atomic E-state index is 13.1. The molecule has 1 saturated carbocycles. The highest BCUT2D eigenvalue weighted by Crippen LogP contribution is 2.35. The smallest absolute Gasteiger partial charge is 0.329 e. The van der Waals surface area contributed by atoms with Crippen molar-refractivity contribution in [1.82, 2.24) is 39.8 Å². The van der Waals surface area contributed by atoms with E-state index in [0.717, 1.165) is 62.9 Å². The van der Waals surface area contributed by atoms with Gasteiger partial charge in [0, 0.05) is 71.0 Å². The summed E-state index contributed by atoms with van der Waals surface area (Å²) in [5, 5.41) is 11.5. The lowest BCUT2D eigenvalue weighted by Crippen LogP contribution is -2.44. The molecule has 0 radical (unpaired) electrons. The number of carbonyl (C=O) groups excluding carboxylic acids is 2. The third kappa shape index (κ3) is 6.71. The van der Waals surface area contributed by atoms with Crippen LogP contribution in [0.1, 0.15) is 42.2 Å². The lowest BCUT2D eigenvalue weighted by atomic mass is 10.2. The van der Waals surface area contributed by atoms with Gasteiger partial charge in [0.05, 0.1) is 11.9 Å². The van der Waals surface area contributed by atoms with Crippen LogP contribution in [0.4, 0.5) is 22.2 Å². The van der Waals surface area contributed by atoms with Gasteiger partial charge in [-0.15, -0.1) is 0 Å². The van der Waals surface area contributed by atoms with Crippen LogP contribution in [-0.2, 0) is 10.2 Å². The second kappa shape index (κ2) is 12.5. The maximum atomic E-state index is 13.1. The van der Waals surface area contributed by atoms with Gasteiger partial charge < -0.3 is 25.0 Å². The highest BCUT2D eigenvalue weighted by Gasteiger charge is 2.27. The van der Waals surface area contributed by atoms with E-state index in [2.05, 4.69) is 20.5 Å². The van der Waals surface area contributed by atoms with Gasteiger partial charge in [0.25, 0.3) is 16.1 Å². The van der Waals surface area contributed by atoms with Crippen molar-refractivity contribution in [2.45, 2.75) is 31.7 Å². The molecule has 3 aromatic heterocycles. The highest BCUT2D eigenvalue weighted by molar-refractivity contribution is 7.87. The zero-order valence-electron chi connectivity index (χ0n) is 23.8. The largest absolute Gasteiger partial charge is 0.368 e. The molecule has 0 unspecified atom stereocenters. The highest BCUT2D eigenvalue weighted by atomic mass is 32.2. The van der Waals surface area contributed by atoms with Crippen molar-refractivity contribution in [3.05, 3.63) is 36.3 Å². The van der Waals surface area contributed by atoms with Gasteiger partial charge in [0.2, 0.25) is 5.95 Å². The lowest BCUT2D eigenvalue weighted by Gasteiger charge is -2.29. The normalized spacial score (nSPS) is 16.0. The molecule has 226 valence electrons. The third-order valence-electron chi connectivity index (χ3n) is 7.47. The summed E-state index contributed by atoms with van der Waals surface area (Å²) >= 11 is 0. The van der Waals surface area contributed by atoms with Gasteiger partial charge in [-0.25, -0.2) is 24.6 Å². The van der Waals surface area contributed by atoms with Crippen molar-refractivity contribution in [3.8, 4) is 0 Å². The summed E-state index contributed by atoms with van der Waals surface area (Å²) in [5.41, 5.74) is 2.21. The second-order valence-corrected chi connectivity index (χ2v) is 11.9. The van der Waals surface area contributed by atoms with Gasteiger partial charge >= 0.3 is 6.03 Å². The number of urea groups is 1. The number of anilines is 3. The first kappa shape index (κ1) is 29.5. The number of aromatic nitrogens is 4. The first-order chi connectivity index (χ1) is 20.1. The van der Waals surface area contributed by atoms with Gasteiger partial charge in [-0.2, -0.15) is 13.4 Å². The number of amides is 3. The zero-order valence-corrected chi connectivity index (χ0v) is 24.6. The fourth-order valence-electron chi connectivity index (χ4n) is 5.47. The Bertz CT molecular complexity index is 1530. The molecule has 1 aliphatic heterocycles. The van der Waals surface area contributed by atoms with E-state index in [-0.39, 0.29) is 25.0 Å². The van der Waals surface area contributed by atoms with Gasteiger partial charge in [-0.1, -0.05) is 12.8 Å². The van der Waals surface area contributed by atoms with E-state index in [4.69, 9.17) is 15.1 Å². The number of pyridine rings is 1. The summed E-state index contributed by atoms with van der Waals surface area (Å²) < 4.78 is 26.2. The molecular weight excluding hydrogens is 562 g/mol. The molecule has 0 aromatic carbocycles. The molecule has 1 aliphatic carbocycles. The molecule has 2 aliphatic rings. The minimum atomic E-state index is -4.20. The molecule has 1 saturated heterocycles. The Morgan fingerprint density at radius 2 is 1.86 bits per heavy atom. The molecule has 4 heterocycles. The Morgan fingerprint density at radius 3 is 2.50 bits per heavy atom. The number of piperazine rings is 1. The quantitative estimate of drug-likeness (QED) is 0.273. The van der Waals surface area contributed by atoms with Crippen LogP contribution in [-0.4, -0.2) is 98.1 Å². The van der Waals surface area contributed by atoms with E-state index in [1.807, 2.05) is 22.8 Å². The Labute approximate surface area is 244 Å². The topological polar surface area (TPSA) is 184 Å². The van der Waals surface area contributed by atoms with E-state index in [0.29, 0.717) is 23.1 Å². The van der Waals surface area contributed by atoms with Crippen LogP contribution in [0.3, 0.4) is 0 Å². The standard InChI is InChI=1S/C26H37N11O4S/c1-34(2)24(38)21-15-18-16-31-25(32-23(18)37(21)19-5-3-4-6-19)36(14-11-29-26(39)33-42(27,40)41)22-8-7-20(17-30-22)35-12-9-28-10-13-35/h7-8,15-17,19,28H,3-6,9-14H2,1-2H3,(H2,27,40,41)(H2,29,33,39). The number of carbonyl (C=O) groups is 2. The van der Waals surface area contributed by atoms with E-state index < -0.39 is 16.2 Å². The lowest BCUT2D eigenvalue weighted by molar-refractivity contribution is 0.0815. The molecular formula is C26H37N11O4S. The summed E-state index contributed by atoms with van der Waals surface area (Å²) in [6, 6.07) is 4.89. The van der Waals surface area contributed by atoms with Crippen molar-refractivity contribution < 1.29 is 18.0 Å². The summed E-state index contributed by atoms with van der Waals surface area (Å²) in [6.07, 6.45) is 7.57. The predicted molar refractivity (Wildman–Crippen MR) is 159 cm³/mol. The van der Waals surface area contributed by atoms with E-state index >= 15 is 0 Å². The molecule has 42 heavy (non-hydrogen) atoms. The Hall–Kier alpha value is -4.02. The first-order valence-electron chi connectivity index (χ1n) is 14.0. The molecule has 3 amide bonds. The Kier molecular flexibility index (Phi) is 8.74. The molecule has 0 bridgehead atoms. The SMILES string of the molecule is CN(C)C(=O)c1cc2cnc(N(CCNC(=O)NS(N)(=O)=O)c3ccc(N4CCNCC4)cn3)nc2n1C1CCCC1. The summed E-state index contributed by atoms with van der Waals surface area (Å²) in [4.78, 5) is 44.9. The van der Waals surface area contributed by atoms with Crippen LogP contribution in [0.15, 0.2) is 30.6 Å². The van der Waals surface area contributed by atoms with Gasteiger partial charge in [-0.3, -0.25) is 9.69 Å². The maximum Gasteiger partial charge on any atom is 0.329 e. The molecule has 3 aromatic rings. The molecule has 0 spiro atoms. The van der Waals surface area contributed by atoms with Gasteiger partial charge in [-0.05, 0) is 31.0 Å². The van der Waals surface area contributed by atoms with Crippen LogP contribution in [0.2, 0.25) is 0 Å². The number of nitrogens with one attached hydrogen (secondary N) is 3. The number of nitrogens with two attached hydrogens (primary N) is 1. The van der Waals surface area contributed by atoms with Crippen LogP contribution in [0.25, 0.3) is 11.0 Å². The van der Waals surface area contributed by atoms with Crippen molar-refractivity contribution in [2.75, 3.05) is 63.2 Å². The molecule has 5 N–H and O–H groups in total. The van der Waals surface area contributed by atoms with Gasteiger partial charge in [0.1, 0.15) is 17.2 Å². The molecule has 16 heteroatoms. The zero-order chi connectivity index (χ0) is 29.9. The number of rotatable bonds is 9. The first-order valence-corrected chi connectivity index (χ1v) is 15.5. The van der Waals surface area contributed by atoms with Crippen molar-refractivity contribution in [3.63, 3.8) is 0 Å². The number of hydrogen-bond acceptors (Lipinski definition) is 10. The van der Waals surface area contributed by atoms with Crippen LogP contribution in [0.5, 0.6) is 0 Å². The van der Waals surface area contributed by atoms with Crippen molar-refractivity contribution >= 4 is 50.6 Å². The summed E-state index contributed by atoms with van der Waals surface area (Å²) in [7, 11) is -0.740.